The molecule has 1 amide bonds. The van der Waals surface area contributed by atoms with E-state index in [1.165, 1.54) is 0 Å². The second kappa shape index (κ2) is 8.24. The van der Waals surface area contributed by atoms with Crippen LogP contribution >= 0.6 is 31.9 Å². The first-order valence-electron chi connectivity index (χ1n) is 8.74. The maximum atomic E-state index is 14.1. The van der Waals surface area contributed by atoms with Crippen LogP contribution in [-0.2, 0) is 6.18 Å². The summed E-state index contributed by atoms with van der Waals surface area (Å²) in [5.41, 5.74) is -1.84. The molecular formula is C20H9Br2F5N4O. The monoisotopic (exact) mass is 574 g/mol. The van der Waals surface area contributed by atoms with E-state index in [1.807, 2.05) is 0 Å². The van der Waals surface area contributed by atoms with Crippen molar-refractivity contribution in [2.75, 3.05) is 5.32 Å². The Labute approximate surface area is 193 Å². The van der Waals surface area contributed by atoms with Gasteiger partial charge < -0.3 is 5.32 Å². The molecule has 0 fully saturated rings. The van der Waals surface area contributed by atoms with E-state index in [9.17, 15) is 26.7 Å². The molecule has 5 nitrogen and oxygen atoms in total. The Morgan fingerprint density at radius 3 is 2.34 bits per heavy atom. The van der Waals surface area contributed by atoms with Gasteiger partial charge in [0.1, 0.15) is 5.82 Å². The molecule has 1 N–H and O–H groups in total. The van der Waals surface area contributed by atoms with Crippen LogP contribution in [0.5, 0.6) is 0 Å². The first kappa shape index (κ1) is 22.3. The molecule has 4 rings (SSSR count). The minimum atomic E-state index is -4.81. The van der Waals surface area contributed by atoms with Gasteiger partial charge in [-0.1, -0.05) is 30.3 Å². The Kier molecular flexibility index (Phi) is 5.76. The Morgan fingerprint density at radius 1 is 1.03 bits per heavy atom. The molecule has 0 bridgehead atoms. The number of nitrogens with zero attached hydrogens (tertiary/aromatic N) is 3. The molecule has 0 aliphatic carbocycles. The molecule has 32 heavy (non-hydrogen) atoms. The van der Waals surface area contributed by atoms with E-state index in [0.29, 0.717) is 16.1 Å². The molecule has 2 heterocycles. The minimum absolute atomic E-state index is 0.0188. The van der Waals surface area contributed by atoms with E-state index in [-0.39, 0.29) is 20.3 Å². The van der Waals surface area contributed by atoms with Gasteiger partial charge in [-0.15, -0.1) is 0 Å². The van der Waals surface area contributed by atoms with Crippen molar-refractivity contribution in [2.45, 2.75) is 6.18 Å². The van der Waals surface area contributed by atoms with Gasteiger partial charge in [0.2, 0.25) is 0 Å². The second-order valence-electron chi connectivity index (χ2n) is 6.49. The van der Waals surface area contributed by atoms with Crippen LogP contribution in [0.3, 0.4) is 0 Å². The SMILES string of the molecule is O=C(Nc1c(F)cc(F)cc1Br)c1nn2c(C(F)(F)F)cc(-c3ccccc3)nc2c1Br. The third-order valence-electron chi connectivity index (χ3n) is 4.35. The number of fused-ring (bicyclic) bond motifs is 1. The second-order valence-corrected chi connectivity index (χ2v) is 8.13. The highest BCUT2D eigenvalue weighted by atomic mass is 79.9. The first-order chi connectivity index (χ1) is 15.1. The van der Waals surface area contributed by atoms with Gasteiger partial charge in [0, 0.05) is 16.1 Å². The summed E-state index contributed by atoms with van der Waals surface area (Å²) < 4.78 is 68.9. The van der Waals surface area contributed by atoms with Crippen molar-refractivity contribution in [3.63, 3.8) is 0 Å². The van der Waals surface area contributed by atoms with Crippen LogP contribution in [-0.4, -0.2) is 20.5 Å². The Hall–Kier alpha value is -2.86. The summed E-state index contributed by atoms with van der Waals surface area (Å²) in [7, 11) is 0. The summed E-state index contributed by atoms with van der Waals surface area (Å²) in [5, 5.41) is 5.94. The van der Waals surface area contributed by atoms with Crippen LogP contribution < -0.4 is 5.32 Å². The number of carbonyl (C=O) groups is 1. The van der Waals surface area contributed by atoms with E-state index >= 15 is 0 Å². The number of hydrogen-bond acceptors (Lipinski definition) is 3. The Balaban J connectivity index is 1.85. The molecule has 2 aromatic carbocycles. The largest absolute Gasteiger partial charge is 0.433 e. The van der Waals surface area contributed by atoms with E-state index < -0.39 is 40.8 Å². The number of alkyl halides is 3. The van der Waals surface area contributed by atoms with Crippen LogP contribution in [0, 0.1) is 11.6 Å². The number of halogens is 7. The summed E-state index contributed by atoms with van der Waals surface area (Å²) in [6.07, 6.45) is -4.81. The summed E-state index contributed by atoms with van der Waals surface area (Å²) in [6.45, 7) is 0. The van der Waals surface area contributed by atoms with Gasteiger partial charge in [-0.3, -0.25) is 4.79 Å². The molecule has 0 saturated carbocycles. The first-order valence-corrected chi connectivity index (χ1v) is 10.3. The van der Waals surface area contributed by atoms with Crippen molar-refractivity contribution in [3.8, 4) is 11.3 Å². The highest BCUT2D eigenvalue weighted by molar-refractivity contribution is 9.11. The summed E-state index contributed by atoms with van der Waals surface area (Å²) in [5.74, 6) is -2.98. The maximum Gasteiger partial charge on any atom is 0.433 e. The molecule has 0 aliphatic rings. The van der Waals surface area contributed by atoms with Crippen LogP contribution in [0.2, 0.25) is 0 Å². The number of hydrogen-bond donors (Lipinski definition) is 1. The van der Waals surface area contributed by atoms with Gasteiger partial charge in [-0.05, 0) is 44.0 Å². The molecule has 0 unspecified atom stereocenters. The molecule has 0 aliphatic heterocycles. The standard InChI is InChI=1S/C20H9Br2F5N4O/c21-11-6-10(23)7-12(24)16(11)29-19(32)17-15(22)18-28-13(9-4-2-1-3-5-9)8-14(20(25,26)27)31(18)30-17/h1-8H,(H,29,32). The van der Waals surface area contributed by atoms with Crippen molar-refractivity contribution in [1.82, 2.24) is 14.6 Å². The lowest BCUT2D eigenvalue weighted by molar-refractivity contribution is -0.142. The molecule has 4 aromatic rings. The predicted octanol–water partition coefficient (Wildman–Crippen LogP) is 6.47. The molecule has 0 radical (unpaired) electrons. The number of aromatic nitrogens is 3. The van der Waals surface area contributed by atoms with Crippen molar-refractivity contribution < 1.29 is 26.7 Å². The number of benzene rings is 2. The maximum absolute atomic E-state index is 14.1. The lowest BCUT2D eigenvalue weighted by Gasteiger charge is -2.11. The Morgan fingerprint density at radius 2 is 1.72 bits per heavy atom. The summed E-state index contributed by atoms with van der Waals surface area (Å²) >= 11 is 6.01. The van der Waals surface area contributed by atoms with Crippen LogP contribution in [0.15, 0.2) is 57.5 Å². The van der Waals surface area contributed by atoms with Crippen molar-refractivity contribution >= 4 is 49.1 Å². The van der Waals surface area contributed by atoms with Crippen LogP contribution in [0.4, 0.5) is 27.6 Å². The van der Waals surface area contributed by atoms with Crippen LogP contribution in [0.1, 0.15) is 16.2 Å². The summed E-state index contributed by atoms with van der Waals surface area (Å²) in [4.78, 5) is 16.9. The number of rotatable bonds is 3. The predicted molar refractivity (Wildman–Crippen MR) is 113 cm³/mol. The van der Waals surface area contributed by atoms with Crippen molar-refractivity contribution in [2.24, 2.45) is 0 Å². The molecular weight excluding hydrogens is 567 g/mol. The topological polar surface area (TPSA) is 59.3 Å². The van der Waals surface area contributed by atoms with E-state index in [1.54, 1.807) is 30.3 Å². The zero-order chi connectivity index (χ0) is 23.2. The minimum Gasteiger partial charge on any atom is -0.317 e. The number of anilines is 1. The van der Waals surface area contributed by atoms with Gasteiger partial charge in [0.25, 0.3) is 5.91 Å². The molecule has 0 saturated heterocycles. The van der Waals surface area contributed by atoms with Crippen molar-refractivity contribution in [1.29, 1.82) is 0 Å². The number of amides is 1. The average Bonchev–Trinajstić information content (AvgIpc) is 3.06. The number of nitrogens with one attached hydrogen (secondary N) is 1. The zero-order valence-electron chi connectivity index (χ0n) is 15.5. The molecule has 0 spiro atoms. The molecule has 12 heteroatoms. The highest BCUT2D eigenvalue weighted by Crippen LogP contribution is 2.35. The van der Waals surface area contributed by atoms with Crippen molar-refractivity contribution in [3.05, 3.63) is 80.5 Å². The third kappa shape index (κ3) is 4.11. The fourth-order valence-corrected chi connectivity index (χ4v) is 3.95. The lowest BCUT2D eigenvalue weighted by atomic mass is 10.1. The number of carbonyl (C=O) groups excluding carboxylic acids is 1. The van der Waals surface area contributed by atoms with E-state index in [0.717, 1.165) is 12.1 Å². The highest BCUT2D eigenvalue weighted by Gasteiger charge is 2.36. The smallest absolute Gasteiger partial charge is 0.317 e. The normalized spacial score (nSPS) is 11.7. The van der Waals surface area contributed by atoms with Gasteiger partial charge in [-0.2, -0.15) is 18.3 Å². The molecule has 164 valence electrons. The third-order valence-corrected chi connectivity index (χ3v) is 5.71. The van der Waals surface area contributed by atoms with Gasteiger partial charge in [-0.25, -0.2) is 18.3 Å². The molecule has 0 atom stereocenters. The zero-order valence-corrected chi connectivity index (χ0v) is 18.7. The Bertz CT molecular complexity index is 1330. The average molecular weight is 576 g/mol. The lowest BCUT2D eigenvalue weighted by Crippen LogP contribution is -2.16. The van der Waals surface area contributed by atoms with Gasteiger partial charge in [0.05, 0.1) is 15.9 Å². The van der Waals surface area contributed by atoms with E-state index in [2.05, 4.69) is 47.3 Å². The van der Waals surface area contributed by atoms with Gasteiger partial charge in [0.15, 0.2) is 22.9 Å². The van der Waals surface area contributed by atoms with Crippen LogP contribution in [0.25, 0.3) is 16.9 Å². The van der Waals surface area contributed by atoms with E-state index in [4.69, 9.17) is 0 Å². The molecule has 2 aromatic heterocycles. The summed E-state index contributed by atoms with van der Waals surface area (Å²) in [6, 6.07) is 10.5. The quantitative estimate of drug-likeness (QED) is 0.285. The fraction of sp³-hybridized carbons (Fsp3) is 0.0500. The van der Waals surface area contributed by atoms with Gasteiger partial charge >= 0.3 is 6.18 Å². The fourth-order valence-electron chi connectivity index (χ4n) is 2.93.